The zero-order valence-electron chi connectivity index (χ0n) is 11.6. The van der Waals surface area contributed by atoms with E-state index in [0.29, 0.717) is 5.69 Å². The topological polar surface area (TPSA) is 46.2 Å². The molecule has 0 aliphatic heterocycles. The van der Waals surface area contributed by atoms with Gasteiger partial charge in [-0.15, -0.1) is 0 Å². The molecule has 3 nitrogen and oxygen atoms in total. The summed E-state index contributed by atoms with van der Waals surface area (Å²) in [5.74, 6) is 0. The second-order valence-electron chi connectivity index (χ2n) is 4.83. The van der Waals surface area contributed by atoms with E-state index < -0.39 is 10.0 Å². The summed E-state index contributed by atoms with van der Waals surface area (Å²) < 4.78 is 28.1. The van der Waals surface area contributed by atoms with Gasteiger partial charge in [-0.25, -0.2) is 8.42 Å². The smallest absolute Gasteiger partial charge is 0.261 e. The molecule has 2 rings (SSSR count). The van der Waals surface area contributed by atoms with Gasteiger partial charge in [-0.2, -0.15) is 0 Å². The van der Waals surface area contributed by atoms with Crippen molar-refractivity contribution in [2.24, 2.45) is 0 Å². The maximum atomic E-state index is 12.4. The minimum absolute atomic E-state index is 0.272. The number of anilines is 1. The van der Waals surface area contributed by atoms with Crippen LogP contribution in [-0.2, 0) is 10.0 Å². The van der Waals surface area contributed by atoms with Crippen molar-refractivity contribution in [1.82, 2.24) is 0 Å². The lowest BCUT2D eigenvalue weighted by Crippen LogP contribution is -2.13. The Balaban J connectivity index is 2.40. The monoisotopic (exact) mass is 353 g/mol. The van der Waals surface area contributed by atoms with E-state index in [2.05, 4.69) is 20.7 Å². The van der Waals surface area contributed by atoms with Crippen molar-refractivity contribution in [3.63, 3.8) is 0 Å². The first-order valence-corrected chi connectivity index (χ1v) is 8.43. The zero-order valence-corrected chi connectivity index (χ0v) is 14.0. The maximum Gasteiger partial charge on any atom is 0.261 e. The van der Waals surface area contributed by atoms with Crippen LogP contribution in [0.2, 0.25) is 0 Å². The van der Waals surface area contributed by atoms with E-state index >= 15 is 0 Å². The Kier molecular flexibility index (Phi) is 4.20. The summed E-state index contributed by atoms with van der Waals surface area (Å²) in [7, 11) is -3.57. The molecule has 106 valence electrons. The fraction of sp³-hybridized carbons (Fsp3) is 0.200. The highest BCUT2D eigenvalue weighted by Gasteiger charge is 2.16. The highest BCUT2D eigenvalue weighted by atomic mass is 79.9. The van der Waals surface area contributed by atoms with Crippen molar-refractivity contribution in [1.29, 1.82) is 0 Å². The summed E-state index contributed by atoms with van der Waals surface area (Å²) in [6.45, 7) is 5.77. The first kappa shape index (κ1) is 15.1. The van der Waals surface area contributed by atoms with Crippen molar-refractivity contribution in [2.75, 3.05) is 4.72 Å². The number of rotatable bonds is 3. The van der Waals surface area contributed by atoms with Crippen LogP contribution in [0, 0.1) is 20.8 Å². The molecule has 0 atom stereocenters. The van der Waals surface area contributed by atoms with Crippen molar-refractivity contribution >= 4 is 31.6 Å². The van der Waals surface area contributed by atoms with E-state index in [-0.39, 0.29) is 4.90 Å². The summed E-state index contributed by atoms with van der Waals surface area (Å²) in [6, 6.07) is 10.7. The standard InChI is InChI=1S/C15H16BrNO2S/c1-10-4-7-14(16)15(8-10)17-20(18,19)13-6-5-11(2)12(3)9-13/h4-9,17H,1-3H3. The Morgan fingerprint density at radius 3 is 2.30 bits per heavy atom. The molecule has 0 aliphatic rings. The molecule has 0 radical (unpaired) electrons. The molecule has 2 aromatic carbocycles. The number of nitrogens with one attached hydrogen (secondary N) is 1. The van der Waals surface area contributed by atoms with Crippen LogP contribution in [0.25, 0.3) is 0 Å². The Labute approximate surface area is 128 Å². The van der Waals surface area contributed by atoms with Gasteiger partial charge in [-0.1, -0.05) is 12.1 Å². The minimum atomic E-state index is -3.57. The van der Waals surface area contributed by atoms with Gasteiger partial charge in [-0.3, -0.25) is 4.72 Å². The Morgan fingerprint density at radius 1 is 0.950 bits per heavy atom. The number of sulfonamides is 1. The number of benzene rings is 2. The first-order chi connectivity index (χ1) is 9.29. The van der Waals surface area contributed by atoms with Crippen LogP contribution in [0.1, 0.15) is 16.7 Å². The van der Waals surface area contributed by atoms with Gasteiger partial charge >= 0.3 is 0 Å². The van der Waals surface area contributed by atoms with Crippen molar-refractivity contribution < 1.29 is 8.42 Å². The molecule has 2 aromatic rings. The molecule has 0 bridgehead atoms. The van der Waals surface area contributed by atoms with Crippen molar-refractivity contribution in [3.8, 4) is 0 Å². The van der Waals surface area contributed by atoms with Gasteiger partial charge in [0, 0.05) is 4.47 Å². The Hall–Kier alpha value is -1.33. The molecule has 0 unspecified atom stereocenters. The number of hydrogen-bond acceptors (Lipinski definition) is 2. The number of aryl methyl sites for hydroxylation is 3. The third kappa shape index (κ3) is 3.22. The molecule has 0 saturated heterocycles. The third-order valence-electron chi connectivity index (χ3n) is 3.15. The van der Waals surface area contributed by atoms with Crippen LogP contribution in [0.15, 0.2) is 45.8 Å². The molecule has 0 spiro atoms. The van der Waals surface area contributed by atoms with E-state index in [1.165, 1.54) is 0 Å². The molecule has 1 N–H and O–H groups in total. The highest BCUT2D eigenvalue weighted by molar-refractivity contribution is 9.10. The summed E-state index contributed by atoms with van der Waals surface area (Å²) in [6.07, 6.45) is 0. The summed E-state index contributed by atoms with van der Waals surface area (Å²) >= 11 is 3.35. The highest BCUT2D eigenvalue weighted by Crippen LogP contribution is 2.26. The van der Waals surface area contributed by atoms with Gasteiger partial charge in [0.25, 0.3) is 10.0 Å². The van der Waals surface area contributed by atoms with Gasteiger partial charge < -0.3 is 0 Å². The second kappa shape index (κ2) is 5.58. The predicted molar refractivity (Wildman–Crippen MR) is 85.6 cm³/mol. The molecule has 5 heteroatoms. The quantitative estimate of drug-likeness (QED) is 0.899. The largest absolute Gasteiger partial charge is 0.278 e. The number of hydrogen-bond donors (Lipinski definition) is 1. The first-order valence-electron chi connectivity index (χ1n) is 6.16. The fourth-order valence-electron chi connectivity index (χ4n) is 1.80. The van der Waals surface area contributed by atoms with Crippen molar-refractivity contribution in [3.05, 3.63) is 57.6 Å². The summed E-state index contributed by atoms with van der Waals surface area (Å²) in [5, 5.41) is 0. The van der Waals surface area contributed by atoms with Crippen LogP contribution >= 0.6 is 15.9 Å². The van der Waals surface area contributed by atoms with E-state index in [0.717, 1.165) is 21.2 Å². The maximum absolute atomic E-state index is 12.4. The zero-order chi connectivity index (χ0) is 14.9. The minimum Gasteiger partial charge on any atom is -0.278 e. The fourth-order valence-corrected chi connectivity index (χ4v) is 3.43. The predicted octanol–water partition coefficient (Wildman–Crippen LogP) is 4.18. The van der Waals surface area contributed by atoms with Gasteiger partial charge in [0.1, 0.15) is 0 Å². The molecule has 20 heavy (non-hydrogen) atoms. The molecular weight excluding hydrogens is 338 g/mol. The van der Waals surface area contributed by atoms with E-state index in [9.17, 15) is 8.42 Å². The van der Waals surface area contributed by atoms with Crippen LogP contribution in [0.3, 0.4) is 0 Å². The van der Waals surface area contributed by atoms with Gasteiger partial charge in [-0.05, 0) is 77.7 Å². The summed E-state index contributed by atoms with van der Waals surface area (Å²) in [4.78, 5) is 0.272. The average molecular weight is 354 g/mol. The summed E-state index contributed by atoms with van der Waals surface area (Å²) in [5.41, 5.74) is 3.56. The van der Waals surface area contributed by atoms with Crippen LogP contribution in [0.4, 0.5) is 5.69 Å². The average Bonchev–Trinajstić information content (AvgIpc) is 2.36. The molecule has 0 aromatic heterocycles. The lowest BCUT2D eigenvalue weighted by molar-refractivity contribution is 0.601. The molecule has 0 amide bonds. The van der Waals surface area contributed by atoms with E-state index in [1.54, 1.807) is 18.2 Å². The molecule has 0 fully saturated rings. The Morgan fingerprint density at radius 2 is 1.65 bits per heavy atom. The second-order valence-corrected chi connectivity index (χ2v) is 7.37. The van der Waals surface area contributed by atoms with Crippen LogP contribution in [0.5, 0.6) is 0 Å². The van der Waals surface area contributed by atoms with Crippen molar-refractivity contribution in [2.45, 2.75) is 25.7 Å². The molecule has 0 aliphatic carbocycles. The van der Waals surface area contributed by atoms with E-state index in [1.807, 2.05) is 39.0 Å². The Bertz CT molecular complexity index is 754. The normalized spacial score (nSPS) is 11.4. The third-order valence-corrected chi connectivity index (χ3v) is 5.21. The molecule has 0 saturated carbocycles. The molecule has 0 heterocycles. The van der Waals surface area contributed by atoms with Gasteiger partial charge in [0.2, 0.25) is 0 Å². The SMILES string of the molecule is Cc1ccc(Br)c(NS(=O)(=O)c2ccc(C)c(C)c2)c1. The number of halogens is 1. The van der Waals surface area contributed by atoms with Crippen LogP contribution in [-0.4, -0.2) is 8.42 Å². The van der Waals surface area contributed by atoms with E-state index in [4.69, 9.17) is 0 Å². The van der Waals surface area contributed by atoms with Crippen LogP contribution < -0.4 is 4.72 Å². The molecular formula is C15H16BrNO2S. The van der Waals surface area contributed by atoms with Gasteiger partial charge in [0.15, 0.2) is 0 Å². The lowest BCUT2D eigenvalue weighted by atomic mass is 10.1. The van der Waals surface area contributed by atoms with Gasteiger partial charge in [0.05, 0.1) is 10.6 Å². The lowest BCUT2D eigenvalue weighted by Gasteiger charge is -2.11.